The van der Waals surface area contributed by atoms with Crippen molar-refractivity contribution in [1.82, 2.24) is 0 Å². The summed E-state index contributed by atoms with van der Waals surface area (Å²) in [4.78, 5) is 0. The highest BCUT2D eigenvalue weighted by molar-refractivity contribution is 8.53. The Bertz CT molecular complexity index is 276. The fraction of sp³-hybridized carbons (Fsp3) is 1.00. The van der Waals surface area contributed by atoms with Gasteiger partial charge in [-0.3, -0.25) is 0 Å². The van der Waals surface area contributed by atoms with E-state index in [1.165, 1.54) is 0 Å². The van der Waals surface area contributed by atoms with Gasteiger partial charge in [-0.2, -0.15) is 0 Å². The first-order valence-electron chi connectivity index (χ1n) is 6.85. The standard InChI is InChI=1S/C11H23BO3PS/c1-8-9(6-15-17-16-12)5-10(11(8,2)3)14-7-13-4/h8-10,12,16H,5-7H2,1-4H3/t8-,9?,10?,16?/m1/s1/i12T,16D. The van der Waals surface area contributed by atoms with Gasteiger partial charge in [-0.05, 0) is 25.0 Å². The molecule has 0 N–H and O–H groups in total. The number of methoxy groups -OCH3 is 1. The van der Waals surface area contributed by atoms with Crippen molar-refractivity contribution < 1.29 is 13.7 Å². The number of hydrogen-bond acceptors (Lipinski definition) is 4. The molecule has 1 aliphatic carbocycles. The molecule has 0 aromatic rings. The monoisotopic (exact) mass is 280 g/mol. The summed E-state index contributed by atoms with van der Waals surface area (Å²) in [5, 5.41) is 0. The van der Waals surface area contributed by atoms with Crippen LogP contribution in [0.3, 0.4) is 0 Å². The quantitative estimate of drug-likeness (QED) is 0.296. The average Bonchev–Trinajstić information content (AvgIpc) is 2.59. The zero-order chi connectivity index (χ0) is 14.5. The van der Waals surface area contributed by atoms with Gasteiger partial charge in [0.15, 0.2) is 0 Å². The molecule has 99 valence electrons. The minimum absolute atomic E-state index is 0.102. The van der Waals surface area contributed by atoms with E-state index < -0.39 is 7.61 Å². The maximum absolute atomic E-state index is 7.47. The molecule has 0 amide bonds. The number of rotatable bonds is 8. The first-order chi connectivity index (χ1) is 8.93. The summed E-state index contributed by atoms with van der Waals surface area (Å²) in [6.45, 7) is 7.62. The highest BCUT2D eigenvalue weighted by Crippen LogP contribution is 2.48. The average molecular weight is 280 g/mol. The molecule has 17 heavy (non-hydrogen) atoms. The molecule has 3 unspecified atom stereocenters. The molecule has 1 aliphatic rings. The van der Waals surface area contributed by atoms with E-state index >= 15 is 0 Å². The maximum atomic E-state index is 7.47. The third-order valence-corrected chi connectivity index (χ3v) is 4.89. The molecule has 1 rings (SSSR count). The van der Waals surface area contributed by atoms with E-state index in [1.54, 1.807) is 7.11 Å². The zero-order valence-corrected chi connectivity index (χ0v) is 12.7. The first kappa shape index (κ1) is 12.7. The lowest BCUT2D eigenvalue weighted by Gasteiger charge is -2.31. The molecule has 0 spiro atoms. The molecule has 0 aromatic carbocycles. The van der Waals surface area contributed by atoms with E-state index in [1.807, 2.05) is 0 Å². The lowest BCUT2D eigenvalue weighted by Crippen LogP contribution is -2.31. The van der Waals surface area contributed by atoms with Crippen molar-refractivity contribution >= 4 is 26.8 Å². The fourth-order valence-corrected chi connectivity index (χ4v) is 3.14. The van der Waals surface area contributed by atoms with Gasteiger partial charge in [0, 0.05) is 18.8 Å². The fourth-order valence-electron chi connectivity index (χ4n) is 2.48. The van der Waals surface area contributed by atoms with Gasteiger partial charge < -0.3 is 13.7 Å². The second-order valence-corrected chi connectivity index (χ2v) is 6.81. The van der Waals surface area contributed by atoms with Gasteiger partial charge in [0.2, 0.25) is 0 Å². The molecule has 1 radical (unpaired) electrons. The Morgan fingerprint density at radius 1 is 1.71 bits per heavy atom. The highest BCUT2D eigenvalue weighted by Gasteiger charge is 2.47. The van der Waals surface area contributed by atoms with E-state index in [2.05, 4.69) is 20.8 Å². The lowest BCUT2D eigenvalue weighted by atomic mass is 9.79. The van der Waals surface area contributed by atoms with Crippen LogP contribution < -0.4 is 0 Å². The molecule has 1 fully saturated rings. The third-order valence-electron chi connectivity index (χ3n) is 3.99. The molecule has 4 atom stereocenters. The summed E-state index contributed by atoms with van der Waals surface area (Å²) < 4.78 is 30.7. The molecule has 0 bridgehead atoms. The van der Waals surface area contributed by atoms with Gasteiger partial charge in [0.05, 0.1) is 14.0 Å². The SMILES string of the molecule is [2H]P([B][3H])SOCC1CC(OCOC)C(C)(C)[C@@H]1C. The van der Waals surface area contributed by atoms with Gasteiger partial charge in [-0.1, -0.05) is 28.4 Å². The molecule has 6 heteroatoms. The molecule has 1 saturated carbocycles. The van der Waals surface area contributed by atoms with Crippen LogP contribution >= 0.6 is 19.3 Å². The van der Waals surface area contributed by atoms with Crippen molar-refractivity contribution in [3.8, 4) is 0 Å². The first-order valence-corrected chi connectivity index (χ1v) is 8.14. The maximum Gasteiger partial charge on any atom is 0.146 e. The Morgan fingerprint density at radius 2 is 2.47 bits per heavy atom. The molecular weight excluding hydrogens is 254 g/mol. The van der Waals surface area contributed by atoms with Crippen LogP contribution in [0.25, 0.3) is 0 Å². The van der Waals surface area contributed by atoms with E-state index in [9.17, 15) is 0 Å². The molecule has 0 saturated heterocycles. The molecular formula is C11H23BO3PS. The van der Waals surface area contributed by atoms with Crippen LogP contribution in [0.1, 0.15) is 27.2 Å². The largest absolute Gasteiger partial charge is 0.359 e. The summed E-state index contributed by atoms with van der Waals surface area (Å²) in [6.07, 6.45) is 1.14. The minimum Gasteiger partial charge on any atom is -0.359 e. The number of hydrogen-bond donors (Lipinski definition) is 0. The van der Waals surface area contributed by atoms with Crippen molar-refractivity contribution in [3.05, 3.63) is 0 Å². The van der Waals surface area contributed by atoms with E-state index in [4.69, 9.17) is 16.3 Å². The summed E-state index contributed by atoms with van der Waals surface area (Å²) in [5.41, 5.74) is 0.102. The Balaban J connectivity index is 2.43. The van der Waals surface area contributed by atoms with E-state index in [0.717, 1.165) is 25.6 Å². The smallest absolute Gasteiger partial charge is 0.146 e. The molecule has 0 aliphatic heterocycles. The predicted molar refractivity (Wildman–Crippen MR) is 76.8 cm³/mol. The van der Waals surface area contributed by atoms with Crippen LogP contribution in [0.2, 0.25) is 0 Å². The second-order valence-electron chi connectivity index (χ2n) is 5.13. The van der Waals surface area contributed by atoms with E-state index in [-0.39, 0.29) is 11.5 Å². The summed E-state index contributed by atoms with van der Waals surface area (Å²) >= 11 is 1.11. The van der Waals surface area contributed by atoms with Crippen molar-refractivity contribution in [2.75, 3.05) is 20.5 Å². The van der Waals surface area contributed by atoms with Crippen molar-refractivity contribution in [1.29, 1.82) is 2.61 Å². The topological polar surface area (TPSA) is 27.7 Å². The Labute approximate surface area is 114 Å². The third kappa shape index (κ3) is 4.10. The summed E-state index contributed by atoms with van der Waals surface area (Å²) in [6, 6.07) is 0. The van der Waals surface area contributed by atoms with Gasteiger partial charge in [0.25, 0.3) is 0 Å². The Hall–Kier alpha value is 0.725. The summed E-state index contributed by atoms with van der Waals surface area (Å²) in [7, 11) is 1.54. The van der Waals surface area contributed by atoms with Crippen LogP contribution in [-0.4, -0.2) is 36.8 Å². The summed E-state index contributed by atoms with van der Waals surface area (Å²) in [5.74, 6) is 0.922. The van der Waals surface area contributed by atoms with Crippen molar-refractivity contribution in [2.45, 2.75) is 33.3 Å². The molecule has 3 nitrogen and oxygen atoms in total. The van der Waals surface area contributed by atoms with Gasteiger partial charge in [-0.15, -0.1) is 0 Å². The highest BCUT2D eigenvalue weighted by atomic mass is 32.7. The zero-order valence-electron chi connectivity index (χ0n) is 13.0. The van der Waals surface area contributed by atoms with Gasteiger partial charge in [-0.25, -0.2) is 0 Å². The van der Waals surface area contributed by atoms with Crippen molar-refractivity contribution in [3.63, 3.8) is 0 Å². The van der Waals surface area contributed by atoms with Crippen LogP contribution in [0.15, 0.2) is 0 Å². The lowest BCUT2D eigenvalue weighted by molar-refractivity contribution is -0.105. The van der Waals surface area contributed by atoms with Gasteiger partial charge >= 0.3 is 0 Å². The Morgan fingerprint density at radius 3 is 3.12 bits per heavy atom. The van der Waals surface area contributed by atoms with Crippen LogP contribution in [0, 0.1) is 17.3 Å². The van der Waals surface area contributed by atoms with Crippen LogP contribution in [-0.2, 0) is 13.7 Å². The van der Waals surface area contributed by atoms with Crippen LogP contribution in [0.5, 0.6) is 0 Å². The van der Waals surface area contributed by atoms with Crippen molar-refractivity contribution in [2.24, 2.45) is 17.3 Å². The van der Waals surface area contributed by atoms with Gasteiger partial charge in [0.1, 0.15) is 14.3 Å². The predicted octanol–water partition coefficient (Wildman–Crippen LogP) is 2.73. The Kier molecular flexibility index (Phi) is 5.51. The molecule has 0 aromatic heterocycles. The van der Waals surface area contributed by atoms with E-state index in [0.29, 0.717) is 25.2 Å². The van der Waals surface area contributed by atoms with Crippen LogP contribution in [0.4, 0.5) is 0 Å². The number of ether oxygens (including phenoxy) is 2. The second kappa shape index (κ2) is 7.35. The molecule has 0 heterocycles. The normalized spacial score (nSPS) is 35.2. The minimum atomic E-state index is -1.22.